The quantitative estimate of drug-likeness (QED) is 0.388. The lowest BCUT2D eigenvalue weighted by Gasteiger charge is -2.35. The number of benzene rings is 1. The zero-order valence-corrected chi connectivity index (χ0v) is 19.9. The highest BCUT2D eigenvalue weighted by atomic mass is 35.5. The first-order valence-corrected chi connectivity index (χ1v) is 11.5. The molecule has 35 heavy (non-hydrogen) atoms. The number of nitrogens with zero attached hydrogens (tertiary/aromatic N) is 5. The number of fused-ring (bicyclic) bond motifs is 2. The molecule has 11 heteroatoms. The zero-order valence-electron chi connectivity index (χ0n) is 18.4. The van der Waals surface area contributed by atoms with Gasteiger partial charge in [-0.3, -0.25) is 14.5 Å². The fourth-order valence-electron chi connectivity index (χ4n) is 4.15. The molecule has 0 saturated carbocycles. The highest BCUT2D eigenvalue weighted by molar-refractivity contribution is 6.31. The monoisotopic (exact) mass is 511 g/mol. The molecule has 3 amide bonds. The predicted octanol–water partition coefficient (Wildman–Crippen LogP) is 4.06. The summed E-state index contributed by atoms with van der Waals surface area (Å²) in [6.07, 6.45) is -0.418. The van der Waals surface area contributed by atoms with Gasteiger partial charge in [-0.25, -0.2) is 14.8 Å². The lowest BCUT2D eigenvalue weighted by Crippen LogP contribution is -2.51. The molecule has 1 saturated heterocycles. The number of anilines is 1. The molecule has 0 aliphatic carbocycles. The van der Waals surface area contributed by atoms with Crippen LogP contribution in [-0.2, 0) is 9.53 Å². The van der Waals surface area contributed by atoms with Crippen molar-refractivity contribution in [2.45, 2.75) is 6.23 Å². The summed E-state index contributed by atoms with van der Waals surface area (Å²) < 4.78 is 5.85. The molecule has 4 heterocycles. The van der Waals surface area contributed by atoms with E-state index in [0.29, 0.717) is 48.0 Å². The normalized spacial score (nSPS) is 17.5. The molecular weight excluding hydrogens is 493 g/mol. The topological polar surface area (TPSA) is 95.9 Å². The van der Waals surface area contributed by atoms with Gasteiger partial charge >= 0.3 is 6.09 Å². The van der Waals surface area contributed by atoms with Gasteiger partial charge in [0, 0.05) is 42.2 Å². The van der Waals surface area contributed by atoms with Gasteiger partial charge in [-0.1, -0.05) is 35.8 Å². The number of hydrogen-bond donors (Lipinski definition) is 0. The third kappa shape index (κ3) is 4.28. The van der Waals surface area contributed by atoms with Crippen LogP contribution in [0.15, 0.2) is 55.1 Å². The van der Waals surface area contributed by atoms with Gasteiger partial charge in [-0.2, -0.15) is 0 Å². The minimum atomic E-state index is -1.06. The van der Waals surface area contributed by atoms with Gasteiger partial charge in [-0.15, -0.1) is 0 Å². The molecular formula is C24H19Cl2N5O4. The predicted molar refractivity (Wildman–Crippen MR) is 130 cm³/mol. The van der Waals surface area contributed by atoms with Crippen LogP contribution in [0.2, 0.25) is 10.2 Å². The molecule has 0 spiro atoms. The van der Waals surface area contributed by atoms with Gasteiger partial charge < -0.3 is 14.5 Å². The highest BCUT2D eigenvalue weighted by Crippen LogP contribution is 2.39. The molecule has 5 rings (SSSR count). The van der Waals surface area contributed by atoms with Crippen LogP contribution in [0, 0.1) is 0 Å². The van der Waals surface area contributed by atoms with Gasteiger partial charge in [0.2, 0.25) is 12.1 Å². The van der Waals surface area contributed by atoms with Gasteiger partial charge in [0.15, 0.2) is 5.65 Å². The Hall–Kier alpha value is -3.69. The Morgan fingerprint density at radius 2 is 1.71 bits per heavy atom. The largest absolute Gasteiger partial charge is 0.420 e. The molecule has 1 aromatic carbocycles. The van der Waals surface area contributed by atoms with Crippen molar-refractivity contribution in [1.82, 2.24) is 19.8 Å². The van der Waals surface area contributed by atoms with Crippen molar-refractivity contribution in [1.29, 1.82) is 0 Å². The molecule has 9 nitrogen and oxygen atoms in total. The molecule has 1 atom stereocenters. The summed E-state index contributed by atoms with van der Waals surface area (Å²) in [5.74, 6) is -0.341. The fraction of sp³-hybridized carbons (Fsp3) is 0.208. The highest BCUT2D eigenvalue weighted by Gasteiger charge is 2.42. The second kappa shape index (κ2) is 9.16. The number of pyridine rings is 2. The van der Waals surface area contributed by atoms with Crippen LogP contribution in [0.1, 0.15) is 22.1 Å². The van der Waals surface area contributed by atoms with E-state index in [-0.39, 0.29) is 16.9 Å². The summed E-state index contributed by atoms with van der Waals surface area (Å²) >= 11 is 12.2. The van der Waals surface area contributed by atoms with Crippen LogP contribution in [0.3, 0.4) is 0 Å². The first kappa shape index (κ1) is 23.1. The summed E-state index contributed by atoms with van der Waals surface area (Å²) in [5, 5.41) is 1.39. The number of piperazine rings is 1. The van der Waals surface area contributed by atoms with Crippen molar-refractivity contribution in [3.63, 3.8) is 0 Å². The second-order valence-electron chi connectivity index (χ2n) is 8.01. The first-order valence-electron chi connectivity index (χ1n) is 10.8. The second-order valence-corrected chi connectivity index (χ2v) is 8.83. The van der Waals surface area contributed by atoms with E-state index >= 15 is 0 Å². The molecule has 0 bridgehead atoms. The zero-order chi connectivity index (χ0) is 24.7. The van der Waals surface area contributed by atoms with Crippen molar-refractivity contribution in [3.05, 3.63) is 76.4 Å². The van der Waals surface area contributed by atoms with Crippen LogP contribution in [0.5, 0.6) is 0 Å². The average Bonchev–Trinajstić information content (AvgIpc) is 3.13. The Morgan fingerprint density at radius 3 is 2.46 bits per heavy atom. The summed E-state index contributed by atoms with van der Waals surface area (Å²) in [7, 11) is 0. The molecule has 0 radical (unpaired) electrons. The number of amides is 3. The minimum absolute atomic E-state index is 0.188. The van der Waals surface area contributed by atoms with Gasteiger partial charge in [-0.05, 0) is 42.5 Å². The number of hydrogen-bond acceptors (Lipinski definition) is 6. The van der Waals surface area contributed by atoms with E-state index in [1.807, 2.05) is 0 Å². The first-order chi connectivity index (χ1) is 16.9. The molecule has 2 aliphatic heterocycles. The molecule has 1 fully saturated rings. The summed E-state index contributed by atoms with van der Waals surface area (Å²) in [5.41, 5.74) is 1.16. The number of halogens is 2. The third-order valence-corrected chi connectivity index (χ3v) is 6.40. The molecule has 178 valence electrons. The maximum absolute atomic E-state index is 13.4. The van der Waals surface area contributed by atoms with E-state index in [1.165, 1.54) is 21.9 Å². The average molecular weight is 512 g/mol. The van der Waals surface area contributed by atoms with Crippen LogP contribution >= 0.6 is 23.2 Å². The van der Waals surface area contributed by atoms with E-state index in [0.717, 1.165) is 5.39 Å². The van der Waals surface area contributed by atoms with E-state index < -0.39 is 18.2 Å². The molecule has 2 aromatic heterocycles. The van der Waals surface area contributed by atoms with Gasteiger partial charge in [0.25, 0.3) is 5.91 Å². The van der Waals surface area contributed by atoms with Gasteiger partial charge in [0.05, 0.1) is 5.56 Å². The summed E-state index contributed by atoms with van der Waals surface area (Å²) in [4.78, 5) is 51.4. The molecule has 2 aliphatic rings. The van der Waals surface area contributed by atoms with E-state index in [4.69, 9.17) is 27.9 Å². The van der Waals surface area contributed by atoms with Crippen molar-refractivity contribution in [3.8, 4) is 0 Å². The molecule has 0 N–H and O–H groups in total. The lowest BCUT2D eigenvalue weighted by atomic mass is 10.1. The SMILES string of the molecule is C=CC(=O)N1CCN(C(=O)OC2c3ccc(Cl)cc3C(=O)N2c2ccc3ccc(Cl)nc3n2)CC1. The van der Waals surface area contributed by atoms with Crippen LogP contribution < -0.4 is 4.90 Å². The third-order valence-electron chi connectivity index (χ3n) is 5.95. The number of aromatic nitrogens is 2. The van der Waals surface area contributed by atoms with Crippen LogP contribution in [0.25, 0.3) is 11.0 Å². The van der Waals surface area contributed by atoms with E-state index in [9.17, 15) is 14.4 Å². The fourth-order valence-corrected chi connectivity index (χ4v) is 4.47. The van der Waals surface area contributed by atoms with E-state index in [2.05, 4.69) is 16.5 Å². The standard InChI is InChI=1S/C24H19Cl2N5O4/c1-2-20(32)29-9-11-30(12-10-29)24(34)35-23-16-6-5-15(25)13-17(16)22(33)31(23)19-8-4-14-3-7-18(26)27-21(14)28-19/h2-8,13,23H,1,9-12H2. The minimum Gasteiger partial charge on any atom is -0.420 e. The van der Waals surface area contributed by atoms with Crippen LogP contribution in [0.4, 0.5) is 10.6 Å². The Bertz CT molecular complexity index is 1370. The Morgan fingerprint density at radius 1 is 1.00 bits per heavy atom. The Labute approximate surface area is 210 Å². The van der Waals surface area contributed by atoms with Crippen molar-refractivity contribution < 1.29 is 19.1 Å². The molecule has 3 aromatic rings. The van der Waals surface area contributed by atoms with Crippen molar-refractivity contribution >= 4 is 58.0 Å². The Balaban J connectivity index is 1.45. The number of carbonyl (C=O) groups excluding carboxylic acids is 3. The maximum atomic E-state index is 13.4. The summed E-state index contributed by atoms with van der Waals surface area (Å²) in [6, 6.07) is 11.7. The molecule has 1 unspecified atom stereocenters. The van der Waals surface area contributed by atoms with E-state index in [1.54, 1.807) is 41.3 Å². The number of rotatable bonds is 3. The van der Waals surface area contributed by atoms with Gasteiger partial charge in [0.1, 0.15) is 11.0 Å². The maximum Gasteiger partial charge on any atom is 0.412 e. The number of carbonyl (C=O) groups is 3. The summed E-state index contributed by atoms with van der Waals surface area (Å²) in [6.45, 7) is 4.80. The van der Waals surface area contributed by atoms with Crippen LogP contribution in [-0.4, -0.2) is 63.9 Å². The van der Waals surface area contributed by atoms with Crippen molar-refractivity contribution in [2.24, 2.45) is 0 Å². The van der Waals surface area contributed by atoms with Crippen molar-refractivity contribution in [2.75, 3.05) is 31.1 Å². The smallest absolute Gasteiger partial charge is 0.412 e. The Kier molecular flexibility index (Phi) is 6.04. The lowest BCUT2D eigenvalue weighted by molar-refractivity contribution is -0.127. The number of ether oxygens (including phenoxy) is 1.